The minimum atomic E-state index is -0.0873. The Hall–Kier alpha value is -3.26. The van der Waals surface area contributed by atoms with Crippen LogP contribution in [0.3, 0.4) is 0 Å². The molecular weight excluding hydrogens is 356 g/mol. The van der Waals surface area contributed by atoms with Crippen molar-refractivity contribution in [1.29, 1.82) is 0 Å². The second kappa shape index (κ2) is 8.18. The predicted molar refractivity (Wildman–Crippen MR) is 104 cm³/mol. The van der Waals surface area contributed by atoms with Gasteiger partial charge < -0.3 is 14.7 Å². The molecular formula is C20H22N6O2. The lowest BCUT2D eigenvalue weighted by molar-refractivity contribution is 0.0622. The van der Waals surface area contributed by atoms with Crippen molar-refractivity contribution in [3.8, 4) is 0 Å². The smallest absolute Gasteiger partial charge is 0.274 e. The molecule has 144 valence electrons. The number of aryl methyl sites for hydroxylation is 1. The Balaban J connectivity index is 1.31. The summed E-state index contributed by atoms with van der Waals surface area (Å²) in [5, 5.41) is 6.83. The molecule has 0 unspecified atom stereocenters. The molecule has 0 radical (unpaired) electrons. The van der Waals surface area contributed by atoms with Gasteiger partial charge in [0, 0.05) is 38.8 Å². The highest BCUT2D eigenvalue weighted by Crippen LogP contribution is 2.14. The lowest BCUT2D eigenvalue weighted by atomic mass is 10.2. The van der Waals surface area contributed by atoms with Crippen molar-refractivity contribution in [3.05, 3.63) is 65.8 Å². The summed E-state index contributed by atoms with van der Waals surface area (Å²) in [6, 6.07) is 12.1. The van der Waals surface area contributed by atoms with Crippen LogP contribution < -0.4 is 5.32 Å². The molecule has 1 aromatic carbocycles. The van der Waals surface area contributed by atoms with Crippen molar-refractivity contribution in [2.24, 2.45) is 0 Å². The number of hydrogen-bond acceptors (Lipinski definition) is 7. The number of aromatic nitrogens is 3. The molecule has 8 nitrogen and oxygen atoms in total. The summed E-state index contributed by atoms with van der Waals surface area (Å²) in [7, 11) is 0. The molecule has 3 heterocycles. The van der Waals surface area contributed by atoms with Crippen LogP contribution in [-0.2, 0) is 6.54 Å². The summed E-state index contributed by atoms with van der Waals surface area (Å²) in [5.41, 5.74) is 1.64. The van der Waals surface area contributed by atoms with Crippen LogP contribution >= 0.6 is 0 Å². The Kier molecular flexibility index (Phi) is 5.29. The standard InChI is InChI=1S/C20H22N6O2/c1-15-11-18(24-28-15)23-19-13-21-17(12-22-19)20(27)26-9-7-25(8-10-26)14-16-5-3-2-4-6-16/h2-6,11-13H,7-10,14H2,1H3,(H,22,23,24). The van der Waals surface area contributed by atoms with Gasteiger partial charge in [0.05, 0.1) is 12.4 Å². The number of anilines is 2. The number of carbonyl (C=O) groups excluding carboxylic acids is 1. The molecule has 0 spiro atoms. The number of piperazine rings is 1. The number of nitrogens with zero attached hydrogens (tertiary/aromatic N) is 5. The Morgan fingerprint density at radius 2 is 1.86 bits per heavy atom. The van der Waals surface area contributed by atoms with Crippen molar-refractivity contribution < 1.29 is 9.32 Å². The van der Waals surface area contributed by atoms with Crippen LogP contribution in [0.5, 0.6) is 0 Å². The van der Waals surface area contributed by atoms with Crippen LogP contribution in [-0.4, -0.2) is 57.0 Å². The number of benzene rings is 1. The molecule has 2 aromatic heterocycles. The van der Waals surface area contributed by atoms with Crippen LogP contribution in [0.1, 0.15) is 21.8 Å². The van der Waals surface area contributed by atoms with Crippen LogP contribution in [0.15, 0.2) is 53.3 Å². The van der Waals surface area contributed by atoms with Crippen molar-refractivity contribution >= 4 is 17.5 Å². The Bertz CT molecular complexity index is 917. The third-order valence-corrected chi connectivity index (χ3v) is 4.66. The topological polar surface area (TPSA) is 87.4 Å². The summed E-state index contributed by atoms with van der Waals surface area (Å²) >= 11 is 0. The lowest BCUT2D eigenvalue weighted by Crippen LogP contribution is -2.48. The molecule has 1 amide bonds. The minimum Gasteiger partial charge on any atom is -0.360 e. The van der Waals surface area contributed by atoms with E-state index in [9.17, 15) is 4.79 Å². The van der Waals surface area contributed by atoms with E-state index in [4.69, 9.17) is 4.52 Å². The summed E-state index contributed by atoms with van der Waals surface area (Å²) in [4.78, 5) is 25.4. The van der Waals surface area contributed by atoms with E-state index in [0.717, 1.165) is 19.6 Å². The number of carbonyl (C=O) groups is 1. The van der Waals surface area contributed by atoms with Gasteiger partial charge in [0.1, 0.15) is 17.3 Å². The van der Waals surface area contributed by atoms with Crippen molar-refractivity contribution in [1.82, 2.24) is 24.9 Å². The quantitative estimate of drug-likeness (QED) is 0.730. The summed E-state index contributed by atoms with van der Waals surface area (Å²) in [5.74, 6) is 1.68. The first-order valence-electron chi connectivity index (χ1n) is 9.25. The van der Waals surface area contributed by atoms with E-state index in [-0.39, 0.29) is 5.91 Å². The molecule has 0 aliphatic carbocycles. The fraction of sp³-hybridized carbons (Fsp3) is 0.300. The maximum atomic E-state index is 12.7. The number of amides is 1. The third kappa shape index (κ3) is 4.34. The third-order valence-electron chi connectivity index (χ3n) is 4.66. The Morgan fingerprint density at radius 3 is 2.50 bits per heavy atom. The van der Waals surface area contributed by atoms with E-state index in [0.29, 0.717) is 36.2 Å². The molecule has 3 aromatic rings. The Labute approximate surface area is 163 Å². The molecule has 1 aliphatic rings. The van der Waals surface area contributed by atoms with Gasteiger partial charge in [0.25, 0.3) is 5.91 Å². The van der Waals surface area contributed by atoms with Gasteiger partial charge in [-0.3, -0.25) is 9.69 Å². The van der Waals surface area contributed by atoms with E-state index in [2.05, 4.69) is 49.6 Å². The van der Waals surface area contributed by atoms with Gasteiger partial charge >= 0.3 is 0 Å². The largest absolute Gasteiger partial charge is 0.360 e. The predicted octanol–water partition coefficient (Wildman–Crippen LogP) is 2.47. The SMILES string of the molecule is Cc1cc(Nc2cnc(C(=O)N3CCN(Cc4ccccc4)CC3)cn2)no1. The molecule has 1 fully saturated rings. The van der Waals surface area contributed by atoms with Gasteiger partial charge in [-0.1, -0.05) is 35.5 Å². The number of hydrogen-bond donors (Lipinski definition) is 1. The first-order valence-corrected chi connectivity index (χ1v) is 9.25. The van der Waals surface area contributed by atoms with Gasteiger partial charge in [0.15, 0.2) is 5.82 Å². The zero-order valence-corrected chi connectivity index (χ0v) is 15.7. The van der Waals surface area contributed by atoms with Gasteiger partial charge in [0.2, 0.25) is 0 Å². The molecule has 28 heavy (non-hydrogen) atoms. The second-order valence-corrected chi connectivity index (χ2v) is 6.79. The highest BCUT2D eigenvalue weighted by molar-refractivity contribution is 5.92. The molecule has 1 N–H and O–H groups in total. The summed E-state index contributed by atoms with van der Waals surface area (Å²) in [6.45, 7) is 5.78. The lowest BCUT2D eigenvalue weighted by Gasteiger charge is -2.34. The minimum absolute atomic E-state index is 0.0873. The van der Waals surface area contributed by atoms with E-state index in [1.165, 1.54) is 18.0 Å². The van der Waals surface area contributed by atoms with E-state index in [1.54, 1.807) is 6.07 Å². The average molecular weight is 378 g/mol. The maximum Gasteiger partial charge on any atom is 0.274 e. The first-order chi connectivity index (χ1) is 13.7. The second-order valence-electron chi connectivity index (χ2n) is 6.79. The molecule has 0 saturated carbocycles. The molecule has 0 atom stereocenters. The first kappa shape index (κ1) is 18.1. The molecule has 0 bridgehead atoms. The van der Waals surface area contributed by atoms with Crippen LogP contribution in [0.25, 0.3) is 0 Å². The van der Waals surface area contributed by atoms with E-state index >= 15 is 0 Å². The van der Waals surface area contributed by atoms with Gasteiger partial charge in [-0.2, -0.15) is 0 Å². The zero-order valence-electron chi connectivity index (χ0n) is 15.7. The van der Waals surface area contributed by atoms with Crippen molar-refractivity contribution in [2.75, 3.05) is 31.5 Å². The van der Waals surface area contributed by atoms with Gasteiger partial charge in [-0.25, -0.2) is 9.97 Å². The zero-order chi connectivity index (χ0) is 19.3. The van der Waals surface area contributed by atoms with Crippen LogP contribution in [0, 0.1) is 6.92 Å². The maximum absolute atomic E-state index is 12.7. The fourth-order valence-corrected chi connectivity index (χ4v) is 3.17. The highest BCUT2D eigenvalue weighted by atomic mass is 16.5. The van der Waals surface area contributed by atoms with Crippen LogP contribution in [0.2, 0.25) is 0 Å². The van der Waals surface area contributed by atoms with Crippen molar-refractivity contribution in [3.63, 3.8) is 0 Å². The molecule has 4 rings (SSSR count). The highest BCUT2D eigenvalue weighted by Gasteiger charge is 2.23. The summed E-state index contributed by atoms with van der Waals surface area (Å²) < 4.78 is 5.00. The van der Waals surface area contributed by atoms with Crippen LogP contribution in [0.4, 0.5) is 11.6 Å². The molecule has 8 heteroatoms. The van der Waals surface area contributed by atoms with E-state index in [1.807, 2.05) is 17.9 Å². The monoisotopic (exact) mass is 378 g/mol. The number of rotatable bonds is 5. The van der Waals surface area contributed by atoms with E-state index < -0.39 is 0 Å². The summed E-state index contributed by atoms with van der Waals surface area (Å²) in [6.07, 6.45) is 3.02. The van der Waals surface area contributed by atoms with Gasteiger partial charge in [-0.15, -0.1) is 0 Å². The van der Waals surface area contributed by atoms with Crippen molar-refractivity contribution in [2.45, 2.75) is 13.5 Å². The van der Waals surface area contributed by atoms with Gasteiger partial charge in [-0.05, 0) is 12.5 Å². The molecule has 1 aliphatic heterocycles. The average Bonchev–Trinajstić information content (AvgIpc) is 3.14. The fourth-order valence-electron chi connectivity index (χ4n) is 3.17. The molecule has 1 saturated heterocycles. The Morgan fingerprint density at radius 1 is 1.07 bits per heavy atom. The number of nitrogens with one attached hydrogen (secondary N) is 1. The normalized spacial score (nSPS) is 14.8.